The van der Waals surface area contributed by atoms with Crippen LogP contribution in [0.4, 0.5) is 17.1 Å². The Kier molecular flexibility index (Phi) is 7.23. The number of nitrogens with one attached hydrogen (secondary N) is 1. The smallest absolute Gasteiger partial charge is 0.271 e. The van der Waals surface area contributed by atoms with Crippen molar-refractivity contribution in [2.75, 3.05) is 5.32 Å². The third-order valence-corrected chi connectivity index (χ3v) is 5.82. The van der Waals surface area contributed by atoms with E-state index in [4.69, 9.17) is 4.74 Å². The van der Waals surface area contributed by atoms with E-state index in [1.807, 2.05) is 0 Å². The molecule has 0 fully saturated rings. The number of carbonyl (C=O) groups is 1. The number of benzene rings is 2. The zero-order valence-electron chi connectivity index (χ0n) is 17.9. The van der Waals surface area contributed by atoms with Crippen LogP contribution in [0.3, 0.4) is 0 Å². The number of nitrogens with zero attached hydrogens (tertiary/aromatic N) is 5. The average Bonchev–Trinajstić information content (AvgIpc) is 3.12. The zero-order valence-corrected chi connectivity index (χ0v) is 18.7. The Labute approximate surface area is 192 Å². The first-order valence-corrected chi connectivity index (χ1v) is 10.5. The van der Waals surface area contributed by atoms with E-state index in [2.05, 4.69) is 15.5 Å². The summed E-state index contributed by atoms with van der Waals surface area (Å²) in [4.78, 5) is 33.3. The van der Waals surface area contributed by atoms with Crippen molar-refractivity contribution >= 4 is 34.7 Å². The maximum atomic E-state index is 12.6. The summed E-state index contributed by atoms with van der Waals surface area (Å²) < 4.78 is 7.29. The number of non-ortho nitro benzene ring substituents is 2. The van der Waals surface area contributed by atoms with Gasteiger partial charge in [-0.3, -0.25) is 25.0 Å². The van der Waals surface area contributed by atoms with Gasteiger partial charge in [0.25, 0.3) is 11.4 Å². The predicted octanol–water partition coefficient (Wildman–Crippen LogP) is 3.64. The number of ether oxygens (including phenoxy) is 1. The standard InChI is InChI=1S/C20H20N6O6S/c1-12-4-5-15(26(30)31)10-17(12)21-19(27)13(2)33-20-23-22-18(24(20)3)11-32-16-8-6-14(7-9-16)25(28)29/h4-10,13H,11H2,1-3H3,(H,21,27)/t13-/m0/s1. The Morgan fingerprint density at radius 1 is 1.12 bits per heavy atom. The number of nitro benzene ring substituents is 2. The van der Waals surface area contributed by atoms with E-state index in [0.29, 0.717) is 28.0 Å². The fraction of sp³-hybridized carbons (Fsp3) is 0.250. The molecular weight excluding hydrogens is 452 g/mol. The van der Waals surface area contributed by atoms with Gasteiger partial charge >= 0.3 is 0 Å². The van der Waals surface area contributed by atoms with Gasteiger partial charge in [-0.05, 0) is 31.5 Å². The number of hydrogen-bond donors (Lipinski definition) is 1. The molecule has 0 saturated carbocycles. The summed E-state index contributed by atoms with van der Waals surface area (Å²) in [6.07, 6.45) is 0. The van der Waals surface area contributed by atoms with E-state index in [9.17, 15) is 25.0 Å². The topological polar surface area (TPSA) is 155 Å². The van der Waals surface area contributed by atoms with Gasteiger partial charge in [0.2, 0.25) is 5.91 Å². The molecule has 0 unspecified atom stereocenters. The molecule has 1 atom stereocenters. The molecule has 2 aromatic carbocycles. The molecule has 3 aromatic rings. The molecule has 33 heavy (non-hydrogen) atoms. The highest BCUT2D eigenvalue weighted by atomic mass is 32.2. The lowest BCUT2D eigenvalue weighted by molar-refractivity contribution is -0.385. The number of carbonyl (C=O) groups excluding carboxylic acids is 1. The summed E-state index contributed by atoms with van der Waals surface area (Å²) in [7, 11) is 1.73. The molecule has 1 amide bonds. The van der Waals surface area contributed by atoms with Crippen LogP contribution < -0.4 is 10.1 Å². The molecule has 0 radical (unpaired) electrons. The monoisotopic (exact) mass is 472 g/mol. The second-order valence-corrected chi connectivity index (χ2v) is 8.31. The molecule has 0 aliphatic rings. The molecule has 12 nitrogen and oxygen atoms in total. The minimum atomic E-state index is -0.560. The summed E-state index contributed by atoms with van der Waals surface area (Å²) in [6, 6.07) is 9.95. The highest BCUT2D eigenvalue weighted by molar-refractivity contribution is 8.00. The Balaban J connectivity index is 1.61. The second kappa shape index (κ2) is 10.1. The van der Waals surface area contributed by atoms with Crippen molar-refractivity contribution in [3.63, 3.8) is 0 Å². The van der Waals surface area contributed by atoms with Crippen LogP contribution in [0.2, 0.25) is 0 Å². The van der Waals surface area contributed by atoms with Gasteiger partial charge in [-0.1, -0.05) is 17.8 Å². The first kappa shape index (κ1) is 23.7. The number of anilines is 1. The molecule has 0 bridgehead atoms. The summed E-state index contributed by atoms with van der Waals surface area (Å²) in [5.74, 6) is 0.603. The van der Waals surface area contributed by atoms with Crippen LogP contribution in [0, 0.1) is 27.2 Å². The number of amides is 1. The van der Waals surface area contributed by atoms with Gasteiger partial charge in [0.15, 0.2) is 11.0 Å². The number of thioether (sulfide) groups is 1. The fourth-order valence-electron chi connectivity index (χ4n) is 2.69. The quantitative estimate of drug-likeness (QED) is 0.279. The number of nitro groups is 2. The lowest BCUT2D eigenvalue weighted by atomic mass is 10.2. The largest absolute Gasteiger partial charge is 0.486 e. The van der Waals surface area contributed by atoms with Crippen molar-refractivity contribution in [1.29, 1.82) is 0 Å². The summed E-state index contributed by atoms with van der Waals surface area (Å²) in [5.41, 5.74) is 0.932. The maximum Gasteiger partial charge on any atom is 0.271 e. The van der Waals surface area contributed by atoms with E-state index in [1.54, 1.807) is 31.5 Å². The van der Waals surface area contributed by atoms with Crippen LogP contribution in [-0.2, 0) is 18.4 Å². The van der Waals surface area contributed by atoms with E-state index in [-0.39, 0.29) is 23.9 Å². The molecule has 0 aliphatic heterocycles. The third-order valence-electron chi connectivity index (χ3n) is 4.68. The van der Waals surface area contributed by atoms with E-state index < -0.39 is 15.1 Å². The SMILES string of the molecule is Cc1ccc([N+](=O)[O-])cc1NC(=O)[C@H](C)Sc1nnc(COc2ccc([N+](=O)[O-])cc2)n1C. The van der Waals surface area contributed by atoms with Crippen molar-refractivity contribution in [2.24, 2.45) is 7.05 Å². The number of aryl methyl sites for hydroxylation is 1. The average molecular weight is 472 g/mol. The minimum Gasteiger partial charge on any atom is -0.486 e. The first-order chi connectivity index (χ1) is 15.7. The van der Waals surface area contributed by atoms with Gasteiger partial charge in [0, 0.05) is 31.3 Å². The van der Waals surface area contributed by atoms with Crippen LogP contribution in [0.25, 0.3) is 0 Å². The van der Waals surface area contributed by atoms with Crippen molar-refractivity contribution in [1.82, 2.24) is 14.8 Å². The highest BCUT2D eigenvalue weighted by Gasteiger charge is 2.20. The molecule has 1 heterocycles. The Hall–Kier alpha value is -4.00. The maximum absolute atomic E-state index is 12.6. The van der Waals surface area contributed by atoms with Gasteiger partial charge in [-0.25, -0.2) is 0 Å². The summed E-state index contributed by atoms with van der Waals surface area (Å²) >= 11 is 1.17. The lowest BCUT2D eigenvalue weighted by Gasteiger charge is -2.13. The first-order valence-electron chi connectivity index (χ1n) is 9.63. The van der Waals surface area contributed by atoms with Crippen LogP contribution in [0.1, 0.15) is 18.3 Å². The molecule has 3 rings (SSSR count). The molecule has 0 aliphatic carbocycles. The molecular formula is C20H20N6O6S. The summed E-state index contributed by atoms with van der Waals surface area (Å²) in [5, 5.41) is 32.5. The van der Waals surface area contributed by atoms with Gasteiger partial charge in [0.1, 0.15) is 12.4 Å². The Bertz CT molecular complexity index is 1200. The Morgan fingerprint density at radius 3 is 2.39 bits per heavy atom. The molecule has 0 saturated heterocycles. The molecule has 13 heteroatoms. The van der Waals surface area contributed by atoms with E-state index >= 15 is 0 Å². The predicted molar refractivity (Wildman–Crippen MR) is 120 cm³/mol. The van der Waals surface area contributed by atoms with Crippen molar-refractivity contribution in [3.05, 3.63) is 74.1 Å². The van der Waals surface area contributed by atoms with E-state index in [0.717, 1.165) is 0 Å². The van der Waals surface area contributed by atoms with Gasteiger partial charge < -0.3 is 14.6 Å². The molecule has 172 valence electrons. The van der Waals surface area contributed by atoms with Crippen molar-refractivity contribution < 1.29 is 19.4 Å². The molecule has 0 spiro atoms. The van der Waals surface area contributed by atoms with Gasteiger partial charge in [-0.2, -0.15) is 0 Å². The van der Waals surface area contributed by atoms with Crippen molar-refractivity contribution in [3.8, 4) is 5.75 Å². The summed E-state index contributed by atoms with van der Waals surface area (Å²) in [6.45, 7) is 3.51. The molecule has 1 aromatic heterocycles. The van der Waals surface area contributed by atoms with Gasteiger partial charge in [0.05, 0.1) is 20.8 Å². The zero-order chi connectivity index (χ0) is 24.1. The normalized spacial score (nSPS) is 11.6. The van der Waals surface area contributed by atoms with Crippen LogP contribution in [0.15, 0.2) is 47.6 Å². The highest BCUT2D eigenvalue weighted by Crippen LogP contribution is 2.26. The van der Waals surface area contributed by atoms with Crippen LogP contribution >= 0.6 is 11.8 Å². The second-order valence-electron chi connectivity index (χ2n) is 7.00. The van der Waals surface area contributed by atoms with Gasteiger partial charge in [-0.15, -0.1) is 10.2 Å². The van der Waals surface area contributed by atoms with Crippen LogP contribution in [-0.4, -0.2) is 35.8 Å². The molecule has 1 N–H and O–H groups in total. The van der Waals surface area contributed by atoms with E-state index in [1.165, 1.54) is 48.2 Å². The third kappa shape index (κ3) is 5.83. The Morgan fingerprint density at radius 2 is 1.76 bits per heavy atom. The minimum absolute atomic E-state index is 0.0349. The number of hydrogen-bond acceptors (Lipinski definition) is 9. The lowest BCUT2D eigenvalue weighted by Crippen LogP contribution is -2.23. The van der Waals surface area contributed by atoms with Crippen molar-refractivity contribution in [2.45, 2.75) is 30.9 Å². The van der Waals surface area contributed by atoms with Crippen LogP contribution in [0.5, 0.6) is 5.75 Å². The fourth-order valence-corrected chi connectivity index (χ4v) is 3.52. The number of aromatic nitrogens is 3. The number of rotatable bonds is 9.